The molecule has 4 nitrogen and oxygen atoms in total. The average molecular weight is 315 g/mol. The fourth-order valence-electron chi connectivity index (χ4n) is 1.74. The summed E-state index contributed by atoms with van der Waals surface area (Å²) in [5.41, 5.74) is -0.876. The zero-order valence-corrected chi connectivity index (χ0v) is 11.8. The molecule has 0 bridgehead atoms. The van der Waals surface area contributed by atoms with Crippen LogP contribution in [0.1, 0.15) is 11.1 Å². The molecule has 0 amide bonds. The van der Waals surface area contributed by atoms with E-state index in [1.165, 1.54) is 18.3 Å². The summed E-state index contributed by atoms with van der Waals surface area (Å²) >= 11 is 0.972. The first-order valence-corrected chi connectivity index (χ1v) is 6.79. The molecule has 8 heteroatoms. The van der Waals surface area contributed by atoms with Gasteiger partial charge in [-0.3, -0.25) is 4.79 Å². The third kappa shape index (κ3) is 4.08. The van der Waals surface area contributed by atoms with Gasteiger partial charge in [-0.15, -0.1) is 0 Å². The highest BCUT2D eigenvalue weighted by atomic mass is 32.2. The number of aromatic nitrogens is 2. The molecule has 2 aromatic rings. The van der Waals surface area contributed by atoms with Crippen LogP contribution in [-0.4, -0.2) is 17.0 Å². The van der Waals surface area contributed by atoms with Crippen LogP contribution in [0.3, 0.4) is 0 Å². The van der Waals surface area contributed by atoms with Crippen molar-refractivity contribution in [2.75, 3.05) is 7.05 Å². The van der Waals surface area contributed by atoms with Crippen LogP contribution in [0.15, 0.2) is 45.3 Å². The Labute approximate surface area is 122 Å². The fraction of sp³-hybridized carbons (Fsp3) is 0.231. The number of halogens is 3. The molecule has 0 saturated carbocycles. The highest BCUT2D eigenvalue weighted by Crippen LogP contribution is 2.35. The molecule has 0 saturated heterocycles. The second-order valence-corrected chi connectivity index (χ2v) is 5.25. The summed E-state index contributed by atoms with van der Waals surface area (Å²) in [6, 6.07) is 5.29. The first-order chi connectivity index (χ1) is 9.90. The number of rotatable bonds is 4. The summed E-state index contributed by atoms with van der Waals surface area (Å²) < 4.78 is 39.1. The van der Waals surface area contributed by atoms with Gasteiger partial charge in [-0.05, 0) is 24.7 Å². The van der Waals surface area contributed by atoms with Gasteiger partial charge in [0.2, 0.25) is 0 Å². The molecule has 21 heavy (non-hydrogen) atoms. The van der Waals surface area contributed by atoms with Gasteiger partial charge in [0.25, 0.3) is 5.56 Å². The first kappa shape index (κ1) is 15.6. The van der Waals surface area contributed by atoms with E-state index in [-0.39, 0.29) is 22.8 Å². The Morgan fingerprint density at radius 1 is 1.33 bits per heavy atom. The number of nitrogens with one attached hydrogen (secondary N) is 2. The number of benzene rings is 1. The largest absolute Gasteiger partial charge is 0.416 e. The minimum absolute atomic E-state index is 0.125. The van der Waals surface area contributed by atoms with Gasteiger partial charge >= 0.3 is 6.18 Å². The van der Waals surface area contributed by atoms with E-state index in [0.29, 0.717) is 4.90 Å². The van der Waals surface area contributed by atoms with Crippen LogP contribution in [0.5, 0.6) is 0 Å². The molecule has 0 fully saturated rings. The average Bonchev–Trinajstić information content (AvgIpc) is 2.39. The first-order valence-electron chi connectivity index (χ1n) is 5.98. The van der Waals surface area contributed by atoms with Crippen molar-refractivity contribution in [1.82, 2.24) is 15.3 Å². The van der Waals surface area contributed by atoms with E-state index in [1.54, 1.807) is 13.1 Å². The molecule has 0 aliphatic carbocycles. The summed E-state index contributed by atoms with van der Waals surface area (Å²) in [6.45, 7) is 0.125. The van der Waals surface area contributed by atoms with Crippen LogP contribution in [0.2, 0.25) is 0 Å². The monoisotopic (exact) mass is 315 g/mol. The molecular formula is C13H12F3N3OS. The van der Waals surface area contributed by atoms with Crippen molar-refractivity contribution < 1.29 is 13.2 Å². The van der Waals surface area contributed by atoms with E-state index in [4.69, 9.17) is 0 Å². The van der Waals surface area contributed by atoms with E-state index in [1.807, 2.05) is 0 Å². The van der Waals surface area contributed by atoms with Crippen molar-refractivity contribution >= 4 is 11.8 Å². The van der Waals surface area contributed by atoms with Crippen molar-refractivity contribution in [3.05, 3.63) is 51.9 Å². The molecule has 1 aromatic heterocycles. The summed E-state index contributed by atoms with van der Waals surface area (Å²) in [5.74, 6) is 0. The van der Waals surface area contributed by atoms with E-state index in [2.05, 4.69) is 15.3 Å². The van der Waals surface area contributed by atoms with Gasteiger partial charge in [-0.2, -0.15) is 13.2 Å². The Balaban J connectivity index is 2.35. The second-order valence-electron chi connectivity index (χ2n) is 4.19. The van der Waals surface area contributed by atoms with E-state index in [0.717, 1.165) is 17.8 Å². The van der Waals surface area contributed by atoms with Crippen molar-refractivity contribution in [2.45, 2.75) is 22.8 Å². The fourth-order valence-corrected chi connectivity index (χ4v) is 2.54. The molecule has 0 radical (unpaired) electrons. The molecule has 0 aliphatic rings. The van der Waals surface area contributed by atoms with Crippen LogP contribution >= 0.6 is 11.8 Å². The van der Waals surface area contributed by atoms with Crippen LogP contribution in [0.25, 0.3) is 0 Å². The molecule has 0 aliphatic heterocycles. The maximum atomic E-state index is 13.0. The van der Waals surface area contributed by atoms with Gasteiger partial charge < -0.3 is 10.3 Å². The third-order valence-corrected chi connectivity index (χ3v) is 3.51. The highest BCUT2D eigenvalue weighted by molar-refractivity contribution is 7.99. The Morgan fingerprint density at radius 3 is 2.71 bits per heavy atom. The molecular weight excluding hydrogens is 303 g/mol. The second kappa shape index (κ2) is 6.31. The van der Waals surface area contributed by atoms with Crippen LogP contribution in [-0.2, 0) is 12.7 Å². The van der Waals surface area contributed by atoms with Gasteiger partial charge in [0.1, 0.15) is 0 Å². The maximum Gasteiger partial charge on any atom is 0.416 e. The summed E-state index contributed by atoms with van der Waals surface area (Å²) in [4.78, 5) is 17.9. The zero-order valence-electron chi connectivity index (χ0n) is 11.0. The molecule has 1 aromatic carbocycles. The van der Waals surface area contributed by atoms with Crippen LogP contribution in [0, 0.1) is 0 Å². The smallest absolute Gasteiger partial charge is 0.316 e. The van der Waals surface area contributed by atoms with Crippen LogP contribution in [0.4, 0.5) is 13.2 Å². The number of H-pyrrole nitrogens is 1. The molecule has 2 N–H and O–H groups in total. The van der Waals surface area contributed by atoms with Crippen LogP contribution < -0.4 is 10.9 Å². The number of hydrogen-bond donors (Lipinski definition) is 2. The lowest BCUT2D eigenvalue weighted by atomic mass is 10.1. The number of nitrogens with zero attached hydrogens (tertiary/aromatic N) is 1. The predicted octanol–water partition coefficient (Wildman–Crippen LogP) is 2.66. The van der Waals surface area contributed by atoms with E-state index >= 15 is 0 Å². The number of hydrogen-bond acceptors (Lipinski definition) is 4. The van der Waals surface area contributed by atoms with E-state index < -0.39 is 11.7 Å². The summed E-state index contributed by atoms with van der Waals surface area (Å²) in [6.07, 6.45) is -3.12. The molecule has 1 heterocycles. The quantitative estimate of drug-likeness (QED) is 0.852. The molecule has 0 spiro atoms. The Hall–Kier alpha value is -1.80. The minimum Gasteiger partial charge on any atom is -0.316 e. The zero-order chi connectivity index (χ0) is 15.5. The topological polar surface area (TPSA) is 57.8 Å². The number of aromatic amines is 1. The van der Waals surface area contributed by atoms with Gasteiger partial charge in [0.05, 0.1) is 5.56 Å². The van der Waals surface area contributed by atoms with Gasteiger partial charge in [0.15, 0.2) is 5.16 Å². The lowest BCUT2D eigenvalue weighted by Gasteiger charge is -2.14. The minimum atomic E-state index is -4.43. The molecule has 0 unspecified atom stereocenters. The summed E-state index contributed by atoms with van der Waals surface area (Å²) in [5, 5.41) is 2.95. The Kier molecular flexibility index (Phi) is 4.69. The van der Waals surface area contributed by atoms with Crippen molar-refractivity contribution in [2.24, 2.45) is 0 Å². The van der Waals surface area contributed by atoms with Gasteiger partial charge in [0, 0.05) is 23.7 Å². The SMILES string of the molecule is CNCc1ccc(Sc2nccc(=O)[nH]2)cc1C(F)(F)F. The Morgan fingerprint density at radius 2 is 2.10 bits per heavy atom. The highest BCUT2D eigenvalue weighted by Gasteiger charge is 2.33. The summed E-state index contributed by atoms with van der Waals surface area (Å²) in [7, 11) is 1.58. The Bertz CT molecular complexity index is 685. The van der Waals surface area contributed by atoms with Crippen molar-refractivity contribution in [3.63, 3.8) is 0 Å². The third-order valence-electron chi connectivity index (χ3n) is 2.62. The van der Waals surface area contributed by atoms with Gasteiger partial charge in [-0.25, -0.2) is 4.98 Å². The molecule has 0 atom stereocenters. The normalized spacial score (nSPS) is 11.6. The van der Waals surface area contributed by atoms with E-state index in [9.17, 15) is 18.0 Å². The number of alkyl halides is 3. The van der Waals surface area contributed by atoms with Gasteiger partial charge in [-0.1, -0.05) is 17.8 Å². The molecule has 112 valence electrons. The lowest BCUT2D eigenvalue weighted by molar-refractivity contribution is -0.138. The van der Waals surface area contributed by atoms with Crippen molar-refractivity contribution in [1.29, 1.82) is 0 Å². The molecule has 2 rings (SSSR count). The maximum absolute atomic E-state index is 13.0. The van der Waals surface area contributed by atoms with Crippen molar-refractivity contribution in [3.8, 4) is 0 Å². The standard InChI is InChI=1S/C13H12F3N3OS/c1-17-7-8-2-3-9(6-10(8)13(14,15)16)21-12-18-5-4-11(20)19-12/h2-6,17H,7H2,1H3,(H,18,19,20). The lowest BCUT2D eigenvalue weighted by Crippen LogP contribution is -2.14. The predicted molar refractivity (Wildman–Crippen MR) is 73.2 cm³/mol.